The third-order valence-corrected chi connectivity index (χ3v) is 5.70. The van der Waals surface area contributed by atoms with Gasteiger partial charge in [0.05, 0.1) is 24.2 Å². The Labute approximate surface area is 146 Å². The van der Waals surface area contributed by atoms with Crippen molar-refractivity contribution in [2.24, 2.45) is 5.92 Å². The van der Waals surface area contributed by atoms with Gasteiger partial charge in [-0.3, -0.25) is 9.59 Å². The van der Waals surface area contributed by atoms with Gasteiger partial charge in [0.25, 0.3) is 5.91 Å². The molecular weight excluding hydrogens is 324 g/mol. The molecule has 5 nitrogen and oxygen atoms in total. The number of ether oxygens (including phenoxy) is 1. The predicted molar refractivity (Wildman–Crippen MR) is 95.5 cm³/mol. The van der Waals surface area contributed by atoms with Gasteiger partial charge in [0.1, 0.15) is 0 Å². The molecule has 1 aliphatic carbocycles. The molecule has 1 aromatic rings. The topological polar surface area (TPSA) is 67.4 Å². The molecule has 1 saturated carbocycles. The van der Waals surface area contributed by atoms with Crippen molar-refractivity contribution in [1.29, 1.82) is 0 Å². The number of amides is 2. The third kappa shape index (κ3) is 4.30. The quantitative estimate of drug-likeness (QED) is 0.803. The van der Waals surface area contributed by atoms with E-state index in [9.17, 15) is 9.59 Å². The molecule has 1 aliphatic heterocycles. The highest BCUT2D eigenvalue weighted by Gasteiger charge is 2.21. The third-order valence-electron chi connectivity index (χ3n) is 4.63. The van der Waals surface area contributed by atoms with Crippen LogP contribution in [0.3, 0.4) is 0 Å². The zero-order valence-electron chi connectivity index (χ0n) is 14.0. The molecule has 2 amide bonds. The summed E-state index contributed by atoms with van der Waals surface area (Å²) in [5, 5.41) is 5.69. The van der Waals surface area contributed by atoms with E-state index in [1.807, 2.05) is 6.07 Å². The summed E-state index contributed by atoms with van der Waals surface area (Å²) in [7, 11) is 0. The molecule has 2 atom stereocenters. The first kappa shape index (κ1) is 17.3. The van der Waals surface area contributed by atoms with E-state index in [0.29, 0.717) is 36.5 Å². The molecule has 1 aromatic carbocycles. The van der Waals surface area contributed by atoms with E-state index in [-0.39, 0.29) is 11.8 Å². The summed E-state index contributed by atoms with van der Waals surface area (Å²) in [6, 6.07) is 5.41. The molecule has 2 N–H and O–H groups in total. The van der Waals surface area contributed by atoms with Crippen molar-refractivity contribution in [3.8, 4) is 0 Å². The van der Waals surface area contributed by atoms with Crippen molar-refractivity contribution in [2.45, 2.75) is 43.6 Å². The lowest BCUT2D eigenvalue weighted by atomic mass is 9.88. The predicted octanol–water partition coefficient (Wildman–Crippen LogP) is 3.06. The molecule has 2 aliphatic rings. The Bertz CT molecular complexity index is 620. The minimum absolute atomic E-state index is 0.0277. The summed E-state index contributed by atoms with van der Waals surface area (Å²) in [5.74, 6) is 0.870. The van der Waals surface area contributed by atoms with E-state index in [4.69, 9.17) is 4.74 Å². The molecule has 3 rings (SSSR count). The minimum atomic E-state index is -0.136. The largest absolute Gasteiger partial charge is 0.376 e. The van der Waals surface area contributed by atoms with E-state index < -0.39 is 0 Å². The number of carbonyl (C=O) groups is 2. The average molecular weight is 348 g/mol. The molecule has 0 aromatic heterocycles. The normalized spacial score (nSPS) is 23.3. The number of anilines is 1. The Balaban J connectivity index is 1.47. The van der Waals surface area contributed by atoms with Crippen LogP contribution in [-0.4, -0.2) is 36.8 Å². The van der Waals surface area contributed by atoms with Crippen LogP contribution < -0.4 is 10.6 Å². The van der Waals surface area contributed by atoms with Crippen LogP contribution in [0.4, 0.5) is 5.69 Å². The fourth-order valence-electron chi connectivity index (χ4n) is 3.23. The number of nitrogens with one attached hydrogen (secondary N) is 2. The van der Waals surface area contributed by atoms with E-state index in [0.717, 1.165) is 17.0 Å². The van der Waals surface area contributed by atoms with Crippen LogP contribution in [-0.2, 0) is 9.53 Å². The number of hydrogen-bond acceptors (Lipinski definition) is 4. The van der Waals surface area contributed by atoms with Gasteiger partial charge in [-0.25, -0.2) is 0 Å². The minimum Gasteiger partial charge on any atom is -0.376 e. The van der Waals surface area contributed by atoms with Crippen LogP contribution in [0.1, 0.15) is 43.0 Å². The van der Waals surface area contributed by atoms with Crippen molar-refractivity contribution >= 4 is 29.3 Å². The Morgan fingerprint density at radius 3 is 3.04 bits per heavy atom. The number of benzene rings is 1. The summed E-state index contributed by atoms with van der Waals surface area (Å²) in [6.45, 7) is 3.28. The van der Waals surface area contributed by atoms with Crippen LogP contribution in [0.5, 0.6) is 0 Å². The summed E-state index contributed by atoms with van der Waals surface area (Å²) in [5.41, 5.74) is 1.28. The smallest absolute Gasteiger partial charge is 0.251 e. The molecule has 1 heterocycles. The summed E-state index contributed by atoms with van der Waals surface area (Å²) >= 11 is 1.49. The second-order valence-electron chi connectivity index (χ2n) is 6.47. The lowest BCUT2D eigenvalue weighted by Gasteiger charge is -2.28. The standard InChI is InChI=1S/C18H24N2O3S/c1-12-4-2-3-5-15(12)23-9-8-19-18(22)13-6-7-16-14(10-13)20-17(21)11-24-16/h6-7,10,12,15H,2-5,8-9,11H2,1H3,(H,19,22)(H,20,21)/t12-,15+/m1/s1. The maximum Gasteiger partial charge on any atom is 0.251 e. The van der Waals surface area contributed by atoms with Crippen LogP contribution in [0, 0.1) is 5.92 Å². The fourth-order valence-corrected chi connectivity index (χ4v) is 4.02. The van der Waals surface area contributed by atoms with Crippen LogP contribution in [0.25, 0.3) is 0 Å². The van der Waals surface area contributed by atoms with Gasteiger partial charge in [0.2, 0.25) is 5.91 Å². The van der Waals surface area contributed by atoms with Crippen molar-refractivity contribution in [3.05, 3.63) is 23.8 Å². The van der Waals surface area contributed by atoms with E-state index >= 15 is 0 Å². The van der Waals surface area contributed by atoms with Crippen molar-refractivity contribution in [1.82, 2.24) is 5.32 Å². The molecule has 0 unspecified atom stereocenters. The molecule has 0 bridgehead atoms. The summed E-state index contributed by atoms with van der Waals surface area (Å²) in [6.07, 6.45) is 5.21. The van der Waals surface area contributed by atoms with Crippen LogP contribution in [0.15, 0.2) is 23.1 Å². The van der Waals surface area contributed by atoms with Gasteiger partial charge in [0.15, 0.2) is 0 Å². The molecule has 130 valence electrons. The van der Waals surface area contributed by atoms with Crippen molar-refractivity contribution in [3.63, 3.8) is 0 Å². The Morgan fingerprint density at radius 2 is 2.21 bits per heavy atom. The van der Waals surface area contributed by atoms with Gasteiger partial charge < -0.3 is 15.4 Å². The fraction of sp³-hybridized carbons (Fsp3) is 0.556. The highest BCUT2D eigenvalue weighted by Crippen LogP contribution is 2.32. The first-order chi connectivity index (χ1) is 11.6. The second kappa shape index (κ2) is 8.03. The SMILES string of the molecule is C[C@@H]1CCCC[C@@H]1OCCNC(=O)c1ccc2c(c1)NC(=O)CS2. The zero-order valence-corrected chi connectivity index (χ0v) is 14.8. The average Bonchev–Trinajstić information content (AvgIpc) is 2.59. The van der Waals surface area contributed by atoms with Crippen molar-refractivity contribution < 1.29 is 14.3 Å². The highest BCUT2D eigenvalue weighted by molar-refractivity contribution is 8.00. The van der Waals surface area contributed by atoms with Gasteiger partial charge in [0, 0.05) is 17.0 Å². The monoisotopic (exact) mass is 348 g/mol. The summed E-state index contributed by atoms with van der Waals surface area (Å²) < 4.78 is 5.91. The number of thioether (sulfide) groups is 1. The van der Waals surface area contributed by atoms with Gasteiger partial charge in [-0.15, -0.1) is 11.8 Å². The van der Waals surface area contributed by atoms with Crippen LogP contribution >= 0.6 is 11.8 Å². The Kier molecular flexibility index (Phi) is 5.79. The number of carbonyl (C=O) groups excluding carboxylic acids is 2. The van der Waals surface area contributed by atoms with Gasteiger partial charge in [-0.2, -0.15) is 0 Å². The number of fused-ring (bicyclic) bond motifs is 1. The van der Waals surface area contributed by atoms with Crippen LogP contribution in [0.2, 0.25) is 0 Å². The van der Waals surface area contributed by atoms with E-state index in [1.165, 1.54) is 31.0 Å². The number of rotatable bonds is 5. The van der Waals surface area contributed by atoms with Gasteiger partial charge in [-0.1, -0.05) is 19.8 Å². The molecule has 0 radical (unpaired) electrons. The first-order valence-electron chi connectivity index (χ1n) is 8.60. The molecule has 0 spiro atoms. The molecule has 24 heavy (non-hydrogen) atoms. The van der Waals surface area contributed by atoms with E-state index in [1.54, 1.807) is 12.1 Å². The van der Waals surface area contributed by atoms with Gasteiger partial charge in [-0.05, 0) is 37.0 Å². The molecule has 6 heteroatoms. The number of hydrogen-bond donors (Lipinski definition) is 2. The first-order valence-corrected chi connectivity index (χ1v) is 9.58. The zero-order chi connectivity index (χ0) is 16.9. The van der Waals surface area contributed by atoms with Gasteiger partial charge >= 0.3 is 0 Å². The van der Waals surface area contributed by atoms with E-state index in [2.05, 4.69) is 17.6 Å². The second-order valence-corrected chi connectivity index (χ2v) is 7.49. The summed E-state index contributed by atoms with van der Waals surface area (Å²) in [4.78, 5) is 24.7. The molecule has 1 fully saturated rings. The van der Waals surface area contributed by atoms with Crippen molar-refractivity contribution in [2.75, 3.05) is 24.2 Å². The maximum absolute atomic E-state index is 12.2. The molecular formula is C18H24N2O3S. The Hall–Kier alpha value is -1.53. The maximum atomic E-state index is 12.2. The molecule has 0 saturated heterocycles. The lowest BCUT2D eigenvalue weighted by molar-refractivity contribution is -0.113. The lowest BCUT2D eigenvalue weighted by Crippen LogP contribution is -2.32. The Morgan fingerprint density at radius 1 is 1.38 bits per heavy atom. The highest BCUT2D eigenvalue weighted by atomic mass is 32.2.